The molecule has 1 aromatic heterocycles. The molecule has 0 amide bonds. The van der Waals surface area contributed by atoms with E-state index in [1.54, 1.807) is 18.0 Å². The Morgan fingerprint density at radius 1 is 1.69 bits per heavy atom. The van der Waals surface area contributed by atoms with E-state index in [0.29, 0.717) is 0 Å². The van der Waals surface area contributed by atoms with Crippen LogP contribution in [0.15, 0.2) is 15.9 Å². The van der Waals surface area contributed by atoms with Gasteiger partial charge in [0, 0.05) is 18.3 Å². The molecule has 1 heterocycles. The summed E-state index contributed by atoms with van der Waals surface area (Å²) in [6.45, 7) is 2.99. The second-order valence-electron chi connectivity index (χ2n) is 3.33. The molecule has 0 aliphatic heterocycles. The van der Waals surface area contributed by atoms with E-state index in [0.717, 1.165) is 29.3 Å². The Kier molecular flexibility index (Phi) is 2.90. The van der Waals surface area contributed by atoms with Crippen LogP contribution in [-0.2, 0) is 0 Å². The molecule has 0 saturated heterocycles. The summed E-state index contributed by atoms with van der Waals surface area (Å²) in [6.07, 6.45) is 4.39. The van der Waals surface area contributed by atoms with Gasteiger partial charge >= 0.3 is 0 Å². The van der Waals surface area contributed by atoms with Gasteiger partial charge in [0.05, 0.1) is 5.69 Å². The van der Waals surface area contributed by atoms with Gasteiger partial charge in [0.1, 0.15) is 6.26 Å². The van der Waals surface area contributed by atoms with Crippen LogP contribution in [0.4, 0.5) is 0 Å². The summed E-state index contributed by atoms with van der Waals surface area (Å²) in [7, 11) is 0. The van der Waals surface area contributed by atoms with Crippen LogP contribution in [0.1, 0.15) is 18.5 Å². The van der Waals surface area contributed by atoms with Crippen molar-refractivity contribution in [1.29, 1.82) is 0 Å². The van der Waals surface area contributed by atoms with Crippen molar-refractivity contribution < 1.29 is 4.42 Å². The lowest BCUT2D eigenvalue weighted by Gasteiger charge is -1.98. The fourth-order valence-electron chi connectivity index (χ4n) is 1.09. The van der Waals surface area contributed by atoms with Gasteiger partial charge in [-0.15, -0.1) is 0 Å². The third-order valence-electron chi connectivity index (χ3n) is 1.94. The van der Waals surface area contributed by atoms with Crippen molar-refractivity contribution in [3.05, 3.63) is 12.0 Å². The van der Waals surface area contributed by atoms with Crippen molar-refractivity contribution in [1.82, 2.24) is 10.3 Å². The maximum atomic E-state index is 5.21. The molecule has 72 valence electrons. The van der Waals surface area contributed by atoms with Gasteiger partial charge in [0.2, 0.25) is 0 Å². The normalized spacial score (nSPS) is 16.4. The summed E-state index contributed by atoms with van der Waals surface area (Å²) in [5.74, 6) is 1.04. The predicted octanol–water partition coefficient (Wildman–Crippen LogP) is 1.83. The summed E-state index contributed by atoms with van der Waals surface area (Å²) in [5.41, 5.74) is 0.956. The summed E-state index contributed by atoms with van der Waals surface area (Å²) < 4.78 is 5.21. The quantitative estimate of drug-likeness (QED) is 0.578. The Morgan fingerprint density at radius 2 is 2.54 bits per heavy atom. The number of thioether (sulfide) groups is 1. The van der Waals surface area contributed by atoms with Gasteiger partial charge in [-0.3, -0.25) is 0 Å². The molecule has 13 heavy (non-hydrogen) atoms. The average molecular weight is 198 g/mol. The second-order valence-corrected chi connectivity index (χ2v) is 4.38. The molecule has 1 fully saturated rings. The third-order valence-corrected chi connectivity index (χ3v) is 2.78. The van der Waals surface area contributed by atoms with E-state index in [9.17, 15) is 0 Å². The highest BCUT2D eigenvalue weighted by Crippen LogP contribution is 2.19. The lowest BCUT2D eigenvalue weighted by atomic mass is 10.6. The predicted molar refractivity (Wildman–Crippen MR) is 53.0 cm³/mol. The number of rotatable bonds is 5. The minimum Gasteiger partial charge on any atom is -0.440 e. The number of oxazole rings is 1. The second kappa shape index (κ2) is 4.15. The highest BCUT2D eigenvalue weighted by Gasteiger charge is 2.19. The van der Waals surface area contributed by atoms with Crippen molar-refractivity contribution in [3.63, 3.8) is 0 Å². The summed E-state index contributed by atoms with van der Waals surface area (Å²) in [5, 5.41) is 4.23. The van der Waals surface area contributed by atoms with Crippen LogP contribution in [0.3, 0.4) is 0 Å². The molecule has 0 aromatic carbocycles. The molecule has 0 spiro atoms. The van der Waals surface area contributed by atoms with Crippen LogP contribution in [-0.4, -0.2) is 23.3 Å². The molecule has 3 nitrogen and oxygen atoms in total. The molecule has 2 rings (SSSR count). The molecule has 1 aliphatic rings. The molecule has 1 N–H and O–H groups in total. The zero-order chi connectivity index (χ0) is 9.10. The summed E-state index contributed by atoms with van der Waals surface area (Å²) in [4.78, 5) is 4.21. The molecule has 0 radical (unpaired) electrons. The standard InChI is InChI=1S/C9H14N2OS/c1-7-6-12-9(11-7)13-5-4-10-8-2-3-8/h6,8,10H,2-5H2,1H3. The molecule has 0 atom stereocenters. The number of nitrogens with zero attached hydrogens (tertiary/aromatic N) is 1. The van der Waals surface area contributed by atoms with Crippen LogP contribution in [0.25, 0.3) is 0 Å². The van der Waals surface area contributed by atoms with Gasteiger partial charge in [-0.25, -0.2) is 4.98 Å². The van der Waals surface area contributed by atoms with Gasteiger partial charge in [-0.05, 0) is 19.8 Å². The van der Waals surface area contributed by atoms with Gasteiger partial charge in [0.15, 0.2) is 0 Å². The molecule has 1 aliphatic carbocycles. The zero-order valence-corrected chi connectivity index (χ0v) is 8.56. The van der Waals surface area contributed by atoms with Crippen molar-refractivity contribution in [2.24, 2.45) is 0 Å². The van der Waals surface area contributed by atoms with Crippen LogP contribution >= 0.6 is 11.8 Å². The van der Waals surface area contributed by atoms with Crippen molar-refractivity contribution in [2.75, 3.05) is 12.3 Å². The number of aromatic nitrogens is 1. The lowest BCUT2D eigenvalue weighted by molar-refractivity contribution is 0.454. The Bertz CT molecular complexity index is 270. The van der Waals surface area contributed by atoms with Gasteiger partial charge in [-0.2, -0.15) is 0 Å². The maximum absolute atomic E-state index is 5.21. The van der Waals surface area contributed by atoms with E-state index in [1.807, 2.05) is 6.92 Å². The third kappa shape index (κ3) is 3.04. The van der Waals surface area contributed by atoms with Crippen LogP contribution in [0.2, 0.25) is 0 Å². The summed E-state index contributed by atoms with van der Waals surface area (Å²) >= 11 is 1.67. The highest BCUT2D eigenvalue weighted by atomic mass is 32.2. The topological polar surface area (TPSA) is 38.1 Å². The fraction of sp³-hybridized carbons (Fsp3) is 0.667. The number of aryl methyl sites for hydroxylation is 1. The molecule has 4 heteroatoms. The lowest BCUT2D eigenvalue weighted by Crippen LogP contribution is -2.19. The Balaban J connectivity index is 1.61. The monoisotopic (exact) mass is 198 g/mol. The summed E-state index contributed by atoms with van der Waals surface area (Å²) in [6, 6.07) is 0.798. The molecular weight excluding hydrogens is 184 g/mol. The van der Waals surface area contributed by atoms with E-state index in [1.165, 1.54) is 12.8 Å². The average Bonchev–Trinajstić information content (AvgIpc) is 2.84. The number of hydrogen-bond donors (Lipinski definition) is 1. The Morgan fingerprint density at radius 3 is 3.15 bits per heavy atom. The van der Waals surface area contributed by atoms with E-state index < -0.39 is 0 Å². The van der Waals surface area contributed by atoms with Gasteiger partial charge in [-0.1, -0.05) is 11.8 Å². The minimum absolute atomic E-state index is 0.787. The molecular formula is C9H14N2OS. The Hall–Kier alpha value is -0.480. The first-order valence-corrected chi connectivity index (χ1v) is 5.61. The van der Waals surface area contributed by atoms with E-state index >= 15 is 0 Å². The van der Waals surface area contributed by atoms with Gasteiger partial charge in [0.25, 0.3) is 5.22 Å². The molecule has 0 bridgehead atoms. The van der Waals surface area contributed by atoms with E-state index in [-0.39, 0.29) is 0 Å². The first-order valence-electron chi connectivity index (χ1n) is 4.63. The highest BCUT2D eigenvalue weighted by molar-refractivity contribution is 7.99. The maximum Gasteiger partial charge on any atom is 0.255 e. The van der Waals surface area contributed by atoms with Crippen molar-refractivity contribution in [2.45, 2.75) is 31.0 Å². The van der Waals surface area contributed by atoms with Crippen molar-refractivity contribution >= 4 is 11.8 Å². The zero-order valence-electron chi connectivity index (χ0n) is 7.75. The molecule has 1 saturated carbocycles. The van der Waals surface area contributed by atoms with E-state index in [2.05, 4.69) is 10.3 Å². The Labute approximate surface area is 82.3 Å². The van der Waals surface area contributed by atoms with Crippen molar-refractivity contribution in [3.8, 4) is 0 Å². The fourth-order valence-corrected chi connectivity index (χ4v) is 1.81. The van der Waals surface area contributed by atoms with Gasteiger partial charge < -0.3 is 9.73 Å². The number of hydrogen-bond acceptors (Lipinski definition) is 4. The largest absolute Gasteiger partial charge is 0.440 e. The smallest absolute Gasteiger partial charge is 0.255 e. The number of nitrogens with one attached hydrogen (secondary N) is 1. The van der Waals surface area contributed by atoms with Crippen LogP contribution in [0, 0.1) is 6.92 Å². The minimum atomic E-state index is 0.787. The first kappa shape index (κ1) is 9.09. The molecule has 0 unspecified atom stereocenters. The van der Waals surface area contributed by atoms with Crippen LogP contribution < -0.4 is 5.32 Å². The first-order chi connectivity index (χ1) is 6.34. The van der Waals surface area contributed by atoms with Crippen LogP contribution in [0.5, 0.6) is 0 Å². The van der Waals surface area contributed by atoms with E-state index in [4.69, 9.17) is 4.42 Å². The molecule has 1 aromatic rings. The SMILES string of the molecule is Cc1coc(SCCNC2CC2)n1.